The second-order valence-electron chi connectivity index (χ2n) is 5.03. The summed E-state index contributed by atoms with van der Waals surface area (Å²) >= 11 is 1.69. The molecule has 0 fully saturated rings. The van der Waals surface area contributed by atoms with Crippen LogP contribution in [0.4, 0.5) is 5.69 Å². The Balaban J connectivity index is 2.06. The average molecular weight is 290 g/mol. The largest absolute Gasteiger partial charge is 0.491 e. The van der Waals surface area contributed by atoms with Crippen molar-refractivity contribution in [1.82, 2.24) is 4.98 Å². The van der Waals surface area contributed by atoms with E-state index in [4.69, 9.17) is 4.74 Å². The summed E-state index contributed by atoms with van der Waals surface area (Å²) in [5.41, 5.74) is 4.07. The highest BCUT2D eigenvalue weighted by Crippen LogP contribution is 2.27. The standard InChI is InChI=1S/C16H22N2OS/c1-5-11(2)19-15-8-6-7-14(9-15)18-13(4)16-12(3)17-10-20-16/h6-11,13,18H,5H2,1-4H3. The van der Waals surface area contributed by atoms with Crippen LogP contribution >= 0.6 is 11.3 Å². The second-order valence-corrected chi connectivity index (χ2v) is 5.92. The number of hydrogen-bond donors (Lipinski definition) is 1. The van der Waals surface area contributed by atoms with E-state index in [0.717, 1.165) is 23.6 Å². The molecule has 0 aliphatic carbocycles. The van der Waals surface area contributed by atoms with Crippen molar-refractivity contribution < 1.29 is 4.74 Å². The van der Waals surface area contributed by atoms with E-state index >= 15 is 0 Å². The van der Waals surface area contributed by atoms with E-state index in [1.165, 1.54) is 4.88 Å². The molecule has 3 nitrogen and oxygen atoms in total. The lowest BCUT2D eigenvalue weighted by atomic mass is 10.2. The van der Waals surface area contributed by atoms with Gasteiger partial charge in [-0.05, 0) is 39.3 Å². The highest BCUT2D eigenvalue weighted by Gasteiger charge is 2.11. The van der Waals surface area contributed by atoms with Crippen LogP contribution in [0.3, 0.4) is 0 Å². The summed E-state index contributed by atoms with van der Waals surface area (Å²) in [6, 6.07) is 8.39. The predicted molar refractivity (Wildman–Crippen MR) is 85.7 cm³/mol. The molecule has 0 saturated heterocycles. The molecule has 108 valence electrons. The molecule has 2 unspecified atom stereocenters. The Morgan fingerprint density at radius 1 is 1.35 bits per heavy atom. The topological polar surface area (TPSA) is 34.1 Å². The minimum Gasteiger partial charge on any atom is -0.491 e. The number of hydrogen-bond acceptors (Lipinski definition) is 4. The van der Waals surface area contributed by atoms with Gasteiger partial charge in [0.1, 0.15) is 5.75 Å². The Kier molecular flexibility index (Phi) is 5.01. The molecular formula is C16H22N2OS. The molecule has 2 aromatic rings. The number of thiazole rings is 1. The highest BCUT2D eigenvalue weighted by molar-refractivity contribution is 7.09. The van der Waals surface area contributed by atoms with Gasteiger partial charge in [-0.3, -0.25) is 0 Å². The number of benzene rings is 1. The summed E-state index contributed by atoms with van der Waals surface area (Å²) in [7, 11) is 0. The molecule has 0 aliphatic rings. The van der Waals surface area contributed by atoms with Gasteiger partial charge in [-0.15, -0.1) is 11.3 Å². The summed E-state index contributed by atoms with van der Waals surface area (Å²) < 4.78 is 5.85. The first kappa shape index (κ1) is 14.9. The van der Waals surface area contributed by atoms with Gasteiger partial charge in [0.15, 0.2) is 0 Å². The van der Waals surface area contributed by atoms with E-state index in [9.17, 15) is 0 Å². The smallest absolute Gasteiger partial charge is 0.121 e. The first-order valence-electron chi connectivity index (χ1n) is 7.03. The van der Waals surface area contributed by atoms with Gasteiger partial charge in [0.25, 0.3) is 0 Å². The van der Waals surface area contributed by atoms with Crippen LogP contribution < -0.4 is 10.1 Å². The fourth-order valence-corrected chi connectivity index (χ4v) is 2.83. The second kappa shape index (κ2) is 6.75. The van der Waals surface area contributed by atoms with Gasteiger partial charge in [0.05, 0.1) is 23.4 Å². The van der Waals surface area contributed by atoms with E-state index in [1.54, 1.807) is 11.3 Å². The van der Waals surface area contributed by atoms with Gasteiger partial charge in [-0.1, -0.05) is 13.0 Å². The van der Waals surface area contributed by atoms with Crippen LogP contribution in [0.5, 0.6) is 5.75 Å². The summed E-state index contributed by atoms with van der Waals surface area (Å²) in [4.78, 5) is 5.58. The Hall–Kier alpha value is -1.55. The molecule has 20 heavy (non-hydrogen) atoms. The molecule has 2 rings (SSSR count). The fraction of sp³-hybridized carbons (Fsp3) is 0.438. The minimum absolute atomic E-state index is 0.242. The van der Waals surface area contributed by atoms with Crippen molar-refractivity contribution in [3.05, 3.63) is 40.3 Å². The normalized spacial score (nSPS) is 13.8. The minimum atomic E-state index is 0.242. The van der Waals surface area contributed by atoms with E-state index < -0.39 is 0 Å². The van der Waals surface area contributed by atoms with Crippen molar-refractivity contribution in [2.75, 3.05) is 5.32 Å². The fourth-order valence-electron chi connectivity index (χ4n) is 2.02. The molecule has 1 aromatic heterocycles. The lowest BCUT2D eigenvalue weighted by Crippen LogP contribution is -2.10. The SMILES string of the molecule is CCC(C)Oc1cccc(NC(C)c2scnc2C)c1. The van der Waals surface area contributed by atoms with Crippen LogP contribution in [-0.2, 0) is 0 Å². The third-order valence-electron chi connectivity index (χ3n) is 3.31. The van der Waals surface area contributed by atoms with Crippen molar-refractivity contribution in [2.45, 2.75) is 46.3 Å². The Morgan fingerprint density at radius 3 is 2.80 bits per heavy atom. The van der Waals surface area contributed by atoms with Crippen molar-refractivity contribution in [1.29, 1.82) is 0 Å². The van der Waals surface area contributed by atoms with E-state index in [-0.39, 0.29) is 12.1 Å². The van der Waals surface area contributed by atoms with E-state index in [2.05, 4.69) is 43.2 Å². The molecular weight excluding hydrogens is 268 g/mol. The third-order valence-corrected chi connectivity index (χ3v) is 4.42. The molecule has 2 atom stereocenters. The molecule has 0 radical (unpaired) electrons. The van der Waals surface area contributed by atoms with Crippen LogP contribution in [0.1, 0.15) is 43.8 Å². The number of ether oxygens (including phenoxy) is 1. The van der Waals surface area contributed by atoms with E-state index in [0.29, 0.717) is 0 Å². The maximum absolute atomic E-state index is 5.85. The van der Waals surface area contributed by atoms with Gasteiger partial charge in [0, 0.05) is 16.6 Å². The molecule has 0 spiro atoms. The first-order valence-corrected chi connectivity index (χ1v) is 7.91. The summed E-state index contributed by atoms with van der Waals surface area (Å²) in [5, 5.41) is 3.51. The van der Waals surface area contributed by atoms with Crippen molar-refractivity contribution >= 4 is 17.0 Å². The summed E-state index contributed by atoms with van der Waals surface area (Å²) in [6.45, 7) is 8.42. The van der Waals surface area contributed by atoms with Crippen LogP contribution in [0.25, 0.3) is 0 Å². The van der Waals surface area contributed by atoms with Gasteiger partial charge < -0.3 is 10.1 Å². The first-order chi connectivity index (χ1) is 9.60. The molecule has 4 heteroatoms. The number of nitrogens with zero attached hydrogens (tertiary/aromatic N) is 1. The highest BCUT2D eigenvalue weighted by atomic mass is 32.1. The van der Waals surface area contributed by atoms with E-state index in [1.807, 2.05) is 24.6 Å². The Bertz CT molecular complexity index is 553. The van der Waals surface area contributed by atoms with Crippen LogP contribution in [0, 0.1) is 6.92 Å². The number of aryl methyl sites for hydroxylation is 1. The molecule has 0 aliphatic heterocycles. The maximum atomic E-state index is 5.85. The molecule has 0 saturated carbocycles. The quantitative estimate of drug-likeness (QED) is 0.829. The Labute approximate surface area is 125 Å². The zero-order chi connectivity index (χ0) is 14.5. The molecule has 1 N–H and O–H groups in total. The van der Waals surface area contributed by atoms with Crippen molar-refractivity contribution in [3.8, 4) is 5.75 Å². The van der Waals surface area contributed by atoms with Crippen molar-refractivity contribution in [2.24, 2.45) is 0 Å². The molecule has 0 amide bonds. The monoisotopic (exact) mass is 290 g/mol. The van der Waals surface area contributed by atoms with Crippen LogP contribution in [0.15, 0.2) is 29.8 Å². The summed E-state index contributed by atoms with van der Waals surface area (Å²) in [6.07, 6.45) is 1.25. The number of aromatic nitrogens is 1. The maximum Gasteiger partial charge on any atom is 0.121 e. The molecule has 1 aromatic carbocycles. The zero-order valence-electron chi connectivity index (χ0n) is 12.5. The lowest BCUT2D eigenvalue weighted by Gasteiger charge is -2.17. The van der Waals surface area contributed by atoms with Crippen LogP contribution in [0.2, 0.25) is 0 Å². The molecule has 1 heterocycles. The van der Waals surface area contributed by atoms with Gasteiger partial charge in [-0.2, -0.15) is 0 Å². The average Bonchev–Trinajstić information content (AvgIpc) is 2.85. The summed E-state index contributed by atoms with van der Waals surface area (Å²) in [5.74, 6) is 0.914. The predicted octanol–water partition coefficient (Wildman–Crippen LogP) is 4.80. The number of rotatable bonds is 6. The third kappa shape index (κ3) is 3.73. The zero-order valence-corrected chi connectivity index (χ0v) is 13.3. The van der Waals surface area contributed by atoms with Crippen molar-refractivity contribution in [3.63, 3.8) is 0 Å². The van der Waals surface area contributed by atoms with Gasteiger partial charge in [-0.25, -0.2) is 4.98 Å². The van der Waals surface area contributed by atoms with Crippen LogP contribution in [-0.4, -0.2) is 11.1 Å². The number of anilines is 1. The molecule has 0 bridgehead atoms. The van der Waals surface area contributed by atoms with Gasteiger partial charge >= 0.3 is 0 Å². The van der Waals surface area contributed by atoms with Gasteiger partial charge in [0.2, 0.25) is 0 Å². The lowest BCUT2D eigenvalue weighted by molar-refractivity contribution is 0.217. The number of nitrogens with one attached hydrogen (secondary N) is 1. The Morgan fingerprint density at radius 2 is 2.15 bits per heavy atom.